The van der Waals surface area contributed by atoms with Crippen LogP contribution in [0.5, 0.6) is 0 Å². The van der Waals surface area contributed by atoms with Gasteiger partial charge in [-0.25, -0.2) is 4.68 Å². The summed E-state index contributed by atoms with van der Waals surface area (Å²) in [5.41, 5.74) is 6.26. The van der Waals surface area contributed by atoms with Crippen molar-refractivity contribution in [3.63, 3.8) is 0 Å². The van der Waals surface area contributed by atoms with E-state index in [-0.39, 0.29) is 5.91 Å². The highest BCUT2D eigenvalue weighted by Crippen LogP contribution is 2.36. The van der Waals surface area contributed by atoms with Gasteiger partial charge in [0.15, 0.2) is 0 Å². The number of carbonyl (C=O) groups is 1. The first-order valence-corrected chi connectivity index (χ1v) is 12.1. The van der Waals surface area contributed by atoms with E-state index in [9.17, 15) is 4.79 Å². The molecule has 2 aromatic carbocycles. The van der Waals surface area contributed by atoms with Crippen molar-refractivity contribution in [2.45, 2.75) is 40.0 Å². The minimum atomic E-state index is -0.0204. The molecule has 4 rings (SSSR count). The molecule has 1 aromatic heterocycles. The average molecular weight is 462 g/mol. The Morgan fingerprint density at radius 3 is 2.59 bits per heavy atom. The third-order valence-corrected chi connectivity index (χ3v) is 6.93. The number of aromatic nitrogens is 2. The Balaban J connectivity index is 1.86. The van der Waals surface area contributed by atoms with Crippen LogP contribution < -0.4 is 0 Å². The van der Waals surface area contributed by atoms with Gasteiger partial charge in [0, 0.05) is 23.9 Å². The fourth-order valence-electron chi connectivity index (χ4n) is 3.73. The maximum Gasteiger partial charge on any atom is 0.266 e. The van der Waals surface area contributed by atoms with E-state index in [2.05, 4.69) is 45.9 Å². The van der Waals surface area contributed by atoms with E-state index in [0.29, 0.717) is 21.7 Å². The zero-order valence-electron chi connectivity index (χ0n) is 18.8. The number of carbonyl (C=O) groups excluding carboxylic acids is 1. The number of hydrogen-bond donors (Lipinski definition) is 0. The van der Waals surface area contributed by atoms with Gasteiger partial charge in [-0.05, 0) is 54.7 Å². The van der Waals surface area contributed by atoms with Crippen molar-refractivity contribution in [2.75, 3.05) is 6.54 Å². The SMILES string of the molecule is CCCN1C(=O)/C(=C/c2cn(-c3ccccc3)nc2-c2cc(C(C)C)ccc2C)SC1=S. The second kappa shape index (κ2) is 9.43. The van der Waals surface area contributed by atoms with Crippen LogP contribution in [-0.2, 0) is 4.79 Å². The summed E-state index contributed by atoms with van der Waals surface area (Å²) in [6, 6.07) is 16.6. The molecule has 6 heteroatoms. The molecular formula is C26H27N3OS2. The third kappa shape index (κ3) is 4.43. The summed E-state index contributed by atoms with van der Waals surface area (Å²) in [5.74, 6) is 0.396. The van der Waals surface area contributed by atoms with E-state index < -0.39 is 0 Å². The molecule has 164 valence electrons. The Hall–Kier alpha value is -2.70. The monoisotopic (exact) mass is 461 g/mol. The van der Waals surface area contributed by atoms with Gasteiger partial charge in [-0.1, -0.05) is 75.1 Å². The highest BCUT2D eigenvalue weighted by molar-refractivity contribution is 8.26. The summed E-state index contributed by atoms with van der Waals surface area (Å²) >= 11 is 6.83. The fourth-order valence-corrected chi connectivity index (χ4v) is 5.03. The first kappa shape index (κ1) is 22.5. The summed E-state index contributed by atoms with van der Waals surface area (Å²) in [7, 11) is 0. The molecule has 4 nitrogen and oxygen atoms in total. The van der Waals surface area contributed by atoms with Crippen LogP contribution in [0.1, 0.15) is 49.8 Å². The molecule has 1 aliphatic rings. The van der Waals surface area contributed by atoms with Crippen LogP contribution in [-0.4, -0.2) is 31.5 Å². The van der Waals surface area contributed by atoms with Crippen LogP contribution in [0.3, 0.4) is 0 Å². The minimum absolute atomic E-state index is 0.0204. The third-order valence-electron chi connectivity index (χ3n) is 5.55. The van der Waals surface area contributed by atoms with Gasteiger partial charge in [0.25, 0.3) is 5.91 Å². The molecule has 0 N–H and O–H groups in total. The first-order chi connectivity index (χ1) is 15.4. The van der Waals surface area contributed by atoms with E-state index in [0.717, 1.165) is 34.5 Å². The first-order valence-electron chi connectivity index (χ1n) is 10.9. The van der Waals surface area contributed by atoms with Crippen LogP contribution in [0.4, 0.5) is 0 Å². The molecule has 0 unspecified atom stereocenters. The van der Waals surface area contributed by atoms with Crippen LogP contribution in [0.2, 0.25) is 0 Å². The standard InChI is InChI=1S/C26H27N3OS2/c1-5-13-28-25(30)23(32-26(28)31)15-20-16-29(21-9-7-6-8-10-21)27-24(20)22-14-19(17(2)3)12-11-18(22)4/h6-12,14-17H,5,13H2,1-4H3/b23-15-. The molecule has 0 saturated carbocycles. The molecule has 32 heavy (non-hydrogen) atoms. The maximum atomic E-state index is 13.0. The number of amides is 1. The Labute approximate surface area is 199 Å². The topological polar surface area (TPSA) is 38.1 Å². The van der Waals surface area contributed by atoms with Crippen molar-refractivity contribution in [3.05, 3.63) is 76.3 Å². The Bertz CT molecular complexity index is 1200. The number of nitrogens with zero attached hydrogens (tertiary/aromatic N) is 3. The molecular weight excluding hydrogens is 434 g/mol. The van der Waals surface area contributed by atoms with Gasteiger partial charge in [-0.2, -0.15) is 5.10 Å². The number of para-hydroxylation sites is 1. The second-order valence-corrected chi connectivity index (χ2v) is 9.95. The van der Waals surface area contributed by atoms with Crippen molar-refractivity contribution < 1.29 is 4.79 Å². The zero-order valence-corrected chi connectivity index (χ0v) is 20.5. The van der Waals surface area contributed by atoms with Gasteiger partial charge in [-0.3, -0.25) is 9.69 Å². The highest BCUT2D eigenvalue weighted by atomic mass is 32.2. The van der Waals surface area contributed by atoms with Crippen LogP contribution >= 0.6 is 24.0 Å². The molecule has 1 saturated heterocycles. The van der Waals surface area contributed by atoms with Crippen molar-refractivity contribution >= 4 is 40.3 Å². The molecule has 0 atom stereocenters. The Morgan fingerprint density at radius 1 is 1.16 bits per heavy atom. The largest absolute Gasteiger partial charge is 0.293 e. The number of aryl methyl sites for hydroxylation is 1. The number of thiocarbonyl (C=S) groups is 1. The van der Waals surface area contributed by atoms with E-state index in [1.807, 2.05) is 47.3 Å². The van der Waals surface area contributed by atoms with Crippen LogP contribution in [0, 0.1) is 6.92 Å². The van der Waals surface area contributed by atoms with E-state index in [4.69, 9.17) is 17.3 Å². The van der Waals surface area contributed by atoms with E-state index >= 15 is 0 Å². The second-order valence-electron chi connectivity index (χ2n) is 8.28. The predicted molar refractivity (Wildman–Crippen MR) is 138 cm³/mol. The number of benzene rings is 2. The molecule has 0 bridgehead atoms. The normalized spacial score (nSPS) is 15.4. The van der Waals surface area contributed by atoms with E-state index in [1.165, 1.54) is 17.3 Å². The van der Waals surface area contributed by atoms with Gasteiger partial charge < -0.3 is 0 Å². The lowest BCUT2D eigenvalue weighted by Crippen LogP contribution is -2.28. The molecule has 3 aromatic rings. The molecule has 2 heterocycles. The van der Waals surface area contributed by atoms with Crippen molar-refractivity contribution in [1.82, 2.24) is 14.7 Å². The Kier molecular flexibility index (Phi) is 6.63. The number of hydrogen-bond acceptors (Lipinski definition) is 4. The van der Waals surface area contributed by atoms with Gasteiger partial charge in [0.05, 0.1) is 10.6 Å². The zero-order chi connectivity index (χ0) is 22.8. The summed E-state index contributed by atoms with van der Waals surface area (Å²) in [4.78, 5) is 15.3. The summed E-state index contributed by atoms with van der Waals surface area (Å²) in [6.45, 7) is 9.18. The van der Waals surface area contributed by atoms with E-state index in [1.54, 1.807) is 4.90 Å². The lowest BCUT2D eigenvalue weighted by Gasteiger charge is -2.12. The quantitative estimate of drug-likeness (QED) is 0.307. The van der Waals surface area contributed by atoms with Crippen LogP contribution in [0.15, 0.2) is 59.6 Å². The van der Waals surface area contributed by atoms with Gasteiger partial charge >= 0.3 is 0 Å². The maximum absolute atomic E-state index is 13.0. The molecule has 1 amide bonds. The summed E-state index contributed by atoms with van der Waals surface area (Å²) in [5, 5.41) is 4.96. The van der Waals surface area contributed by atoms with Gasteiger partial charge in [0.1, 0.15) is 10.0 Å². The minimum Gasteiger partial charge on any atom is -0.293 e. The van der Waals surface area contributed by atoms with Crippen molar-refractivity contribution in [3.8, 4) is 16.9 Å². The van der Waals surface area contributed by atoms with Gasteiger partial charge in [0.2, 0.25) is 0 Å². The molecule has 1 fully saturated rings. The molecule has 0 aliphatic carbocycles. The molecule has 0 spiro atoms. The smallest absolute Gasteiger partial charge is 0.266 e. The Morgan fingerprint density at radius 2 is 1.91 bits per heavy atom. The molecule has 1 aliphatic heterocycles. The summed E-state index contributed by atoms with van der Waals surface area (Å²) < 4.78 is 2.51. The lowest BCUT2D eigenvalue weighted by molar-refractivity contribution is -0.122. The fraction of sp³-hybridized carbons (Fsp3) is 0.269. The van der Waals surface area contributed by atoms with Crippen molar-refractivity contribution in [2.24, 2.45) is 0 Å². The lowest BCUT2D eigenvalue weighted by atomic mass is 9.95. The predicted octanol–water partition coefficient (Wildman–Crippen LogP) is 6.58. The highest BCUT2D eigenvalue weighted by Gasteiger charge is 2.31. The average Bonchev–Trinajstić information content (AvgIpc) is 3.31. The number of thioether (sulfide) groups is 1. The number of rotatable bonds is 6. The van der Waals surface area contributed by atoms with Crippen LogP contribution in [0.25, 0.3) is 23.0 Å². The molecule has 0 radical (unpaired) electrons. The summed E-state index contributed by atoms with van der Waals surface area (Å²) in [6.07, 6.45) is 4.81. The van der Waals surface area contributed by atoms with Gasteiger partial charge in [-0.15, -0.1) is 0 Å². The van der Waals surface area contributed by atoms with Crippen molar-refractivity contribution in [1.29, 1.82) is 0 Å².